The van der Waals surface area contributed by atoms with Gasteiger partial charge >= 0.3 is 0 Å². The molecule has 0 aromatic heterocycles. The zero-order chi connectivity index (χ0) is 18.0. The molecule has 0 heterocycles. The van der Waals surface area contributed by atoms with Gasteiger partial charge < -0.3 is 21.3 Å². The third kappa shape index (κ3) is 11.4. The number of guanidine groups is 1. The van der Waals surface area contributed by atoms with Crippen molar-refractivity contribution in [2.75, 3.05) is 20.1 Å². The minimum atomic E-state index is -0.285. The number of hydrogen-bond acceptors (Lipinski definition) is 3. The summed E-state index contributed by atoms with van der Waals surface area (Å²) in [4.78, 5) is 27.5. The van der Waals surface area contributed by atoms with Gasteiger partial charge in [0.2, 0.25) is 11.8 Å². The van der Waals surface area contributed by atoms with Gasteiger partial charge in [0.05, 0.1) is 13.1 Å². The van der Waals surface area contributed by atoms with Crippen molar-refractivity contribution in [2.24, 2.45) is 4.99 Å². The molecular weight excluding hydrogens is 433 g/mol. The maximum Gasteiger partial charge on any atom is 0.239 e. The normalized spacial score (nSPS) is 11.1. The number of aliphatic imine (C=N–C) groups is 1. The lowest BCUT2D eigenvalue weighted by molar-refractivity contribution is -0.121. The molecule has 1 rings (SSSR count). The van der Waals surface area contributed by atoms with Crippen LogP contribution in [0.3, 0.4) is 0 Å². The van der Waals surface area contributed by atoms with Gasteiger partial charge in [0.25, 0.3) is 0 Å². The summed E-state index contributed by atoms with van der Waals surface area (Å²) in [5, 5.41) is 11.4. The quantitative estimate of drug-likeness (QED) is 0.289. The van der Waals surface area contributed by atoms with E-state index in [0.29, 0.717) is 12.5 Å². The first-order chi connectivity index (χ1) is 11.3. The second-order valence-corrected chi connectivity index (χ2v) is 6.34. The number of nitrogens with zero attached hydrogens (tertiary/aromatic N) is 1. The third-order valence-electron chi connectivity index (χ3n) is 2.90. The molecule has 1 aromatic carbocycles. The molecule has 1 aromatic rings. The Hall–Kier alpha value is -1.84. The van der Waals surface area contributed by atoms with Gasteiger partial charge in [-0.2, -0.15) is 0 Å². The van der Waals surface area contributed by atoms with Crippen molar-refractivity contribution in [3.05, 3.63) is 35.9 Å². The van der Waals surface area contributed by atoms with E-state index in [1.165, 1.54) is 0 Å². The topological polar surface area (TPSA) is 94.6 Å². The van der Waals surface area contributed by atoms with Crippen LogP contribution in [0.2, 0.25) is 0 Å². The van der Waals surface area contributed by atoms with E-state index in [-0.39, 0.29) is 54.4 Å². The Balaban J connectivity index is 0.00000576. The molecule has 0 radical (unpaired) electrons. The number of halogens is 1. The van der Waals surface area contributed by atoms with E-state index in [4.69, 9.17) is 0 Å². The zero-order valence-electron chi connectivity index (χ0n) is 15.2. The molecule has 7 nitrogen and oxygen atoms in total. The van der Waals surface area contributed by atoms with Gasteiger partial charge in [-0.15, -0.1) is 24.0 Å². The number of carbonyl (C=O) groups excluding carboxylic acids is 2. The molecule has 140 valence electrons. The SMILES string of the molecule is CN=C(NCC(=O)NCc1ccccc1)NCC(=O)NC(C)(C)C.I. The first kappa shape index (κ1) is 23.2. The van der Waals surface area contributed by atoms with Crippen LogP contribution in [0, 0.1) is 0 Å². The highest BCUT2D eigenvalue weighted by atomic mass is 127. The Kier molecular flexibility index (Phi) is 10.8. The molecule has 0 spiro atoms. The molecule has 0 fully saturated rings. The number of carbonyl (C=O) groups is 2. The molecule has 0 unspecified atom stereocenters. The van der Waals surface area contributed by atoms with Crippen molar-refractivity contribution in [3.8, 4) is 0 Å². The maximum atomic E-state index is 11.8. The number of benzene rings is 1. The largest absolute Gasteiger partial charge is 0.350 e. The fraction of sp³-hybridized carbons (Fsp3) is 0.471. The van der Waals surface area contributed by atoms with Gasteiger partial charge in [0.15, 0.2) is 5.96 Å². The van der Waals surface area contributed by atoms with E-state index in [2.05, 4.69) is 26.3 Å². The zero-order valence-corrected chi connectivity index (χ0v) is 17.5. The van der Waals surface area contributed by atoms with Crippen LogP contribution in [0.4, 0.5) is 0 Å². The van der Waals surface area contributed by atoms with Crippen LogP contribution in [0.15, 0.2) is 35.3 Å². The van der Waals surface area contributed by atoms with Crippen LogP contribution in [0.5, 0.6) is 0 Å². The molecule has 0 aliphatic carbocycles. The van der Waals surface area contributed by atoms with Crippen molar-refractivity contribution < 1.29 is 9.59 Å². The van der Waals surface area contributed by atoms with E-state index >= 15 is 0 Å². The molecule has 25 heavy (non-hydrogen) atoms. The average Bonchev–Trinajstić information content (AvgIpc) is 2.52. The first-order valence-electron chi connectivity index (χ1n) is 7.86. The molecule has 0 aliphatic heterocycles. The van der Waals surface area contributed by atoms with Crippen molar-refractivity contribution in [1.82, 2.24) is 21.3 Å². The van der Waals surface area contributed by atoms with Gasteiger partial charge in [-0.25, -0.2) is 0 Å². The monoisotopic (exact) mass is 461 g/mol. The minimum absolute atomic E-state index is 0. The van der Waals surface area contributed by atoms with Crippen LogP contribution in [-0.2, 0) is 16.1 Å². The van der Waals surface area contributed by atoms with Crippen LogP contribution < -0.4 is 21.3 Å². The molecule has 2 amide bonds. The van der Waals surface area contributed by atoms with Crippen molar-refractivity contribution in [3.63, 3.8) is 0 Å². The second-order valence-electron chi connectivity index (χ2n) is 6.34. The van der Waals surface area contributed by atoms with Crippen LogP contribution >= 0.6 is 24.0 Å². The Morgan fingerprint density at radius 2 is 1.52 bits per heavy atom. The minimum Gasteiger partial charge on any atom is -0.350 e. The fourth-order valence-corrected chi connectivity index (χ4v) is 1.87. The Bertz CT molecular complexity index is 570. The van der Waals surface area contributed by atoms with E-state index in [1.807, 2.05) is 51.1 Å². The average molecular weight is 461 g/mol. The summed E-state index contributed by atoms with van der Waals surface area (Å²) in [7, 11) is 1.58. The summed E-state index contributed by atoms with van der Waals surface area (Å²) in [6.45, 7) is 6.37. The van der Waals surface area contributed by atoms with Gasteiger partial charge in [0.1, 0.15) is 0 Å². The smallest absolute Gasteiger partial charge is 0.239 e. The van der Waals surface area contributed by atoms with Crippen molar-refractivity contribution in [1.29, 1.82) is 0 Å². The fourth-order valence-electron chi connectivity index (χ4n) is 1.87. The second kappa shape index (κ2) is 11.7. The Morgan fingerprint density at radius 1 is 0.960 bits per heavy atom. The van der Waals surface area contributed by atoms with Crippen molar-refractivity contribution >= 4 is 41.8 Å². The summed E-state index contributed by atoms with van der Waals surface area (Å²) in [6, 6.07) is 9.67. The summed E-state index contributed by atoms with van der Waals surface area (Å²) >= 11 is 0. The number of hydrogen-bond donors (Lipinski definition) is 4. The Morgan fingerprint density at radius 3 is 2.04 bits per heavy atom. The highest BCUT2D eigenvalue weighted by Crippen LogP contribution is 1.97. The first-order valence-corrected chi connectivity index (χ1v) is 7.86. The lowest BCUT2D eigenvalue weighted by atomic mass is 10.1. The maximum absolute atomic E-state index is 11.8. The lowest BCUT2D eigenvalue weighted by Crippen LogP contribution is -2.49. The van der Waals surface area contributed by atoms with Crippen LogP contribution in [-0.4, -0.2) is 43.5 Å². The van der Waals surface area contributed by atoms with Gasteiger partial charge in [-0.1, -0.05) is 30.3 Å². The van der Waals surface area contributed by atoms with Crippen molar-refractivity contribution in [2.45, 2.75) is 32.9 Å². The Labute approximate surface area is 166 Å². The van der Waals surface area contributed by atoms with E-state index in [0.717, 1.165) is 5.56 Å². The summed E-state index contributed by atoms with van der Waals surface area (Å²) < 4.78 is 0. The number of rotatable bonds is 6. The van der Waals surface area contributed by atoms with Crippen LogP contribution in [0.25, 0.3) is 0 Å². The van der Waals surface area contributed by atoms with E-state index in [9.17, 15) is 9.59 Å². The molecule has 4 N–H and O–H groups in total. The van der Waals surface area contributed by atoms with E-state index < -0.39 is 0 Å². The molecule has 0 bridgehead atoms. The molecule has 8 heteroatoms. The summed E-state index contributed by atoms with van der Waals surface area (Å²) in [5.41, 5.74) is 0.750. The molecule has 0 atom stereocenters. The predicted octanol–water partition coefficient (Wildman–Crippen LogP) is 1.00. The van der Waals surface area contributed by atoms with Gasteiger partial charge in [-0.05, 0) is 26.3 Å². The number of nitrogens with one attached hydrogen (secondary N) is 4. The van der Waals surface area contributed by atoms with E-state index in [1.54, 1.807) is 7.05 Å². The molecule has 0 aliphatic rings. The summed E-state index contributed by atoms with van der Waals surface area (Å²) in [6.07, 6.45) is 0. The highest BCUT2D eigenvalue weighted by Gasteiger charge is 2.13. The molecule has 0 saturated heterocycles. The lowest BCUT2D eigenvalue weighted by Gasteiger charge is -2.21. The molecular formula is C17H28IN5O2. The standard InChI is InChI=1S/C17H27N5O2.HI/c1-17(2,3)22-15(24)12-21-16(18-4)20-11-14(23)19-10-13-8-6-5-7-9-13;/h5-9H,10-12H2,1-4H3,(H,19,23)(H,22,24)(H2,18,20,21);1H. The molecule has 0 saturated carbocycles. The van der Waals surface area contributed by atoms with Crippen LogP contribution in [0.1, 0.15) is 26.3 Å². The predicted molar refractivity (Wildman–Crippen MR) is 111 cm³/mol. The van der Waals surface area contributed by atoms with Gasteiger partial charge in [-0.3, -0.25) is 14.6 Å². The highest BCUT2D eigenvalue weighted by molar-refractivity contribution is 14.0. The summed E-state index contributed by atoms with van der Waals surface area (Å²) in [5.74, 6) is 0.105. The van der Waals surface area contributed by atoms with Gasteiger partial charge in [0, 0.05) is 19.1 Å². The number of amides is 2. The third-order valence-corrected chi connectivity index (χ3v) is 2.90.